The standard InChI is InChI=1S/C15H12Cl2N2O/c16-13-2-1-3-15(12(13)8-19)20-9-11-5-4-10(7-18)6-14(11)17/h1-6H,8-9,19H2. The molecule has 20 heavy (non-hydrogen) atoms. The van der Waals surface area contributed by atoms with Crippen LogP contribution in [0.5, 0.6) is 5.75 Å². The summed E-state index contributed by atoms with van der Waals surface area (Å²) in [5, 5.41) is 9.87. The van der Waals surface area contributed by atoms with Gasteiger partial charge in [-0.2, -0.15) is 5.26 Å². The van der Waals surface area contributed by atoms with Gasteiger partial charge in [0.2, 0.25) is 0 Å². The van der Waals surface area contributed by atoms with Crippen molar-refractivity contribution in [2.24, 2.45) is 5.73 Å². The topological polar surface area (TPSA) is 59.0 Å². The zero-order valence-electron chi connectivity index (χ0n) is 10.6. The molecule has 2 rings (SSSR count). The molecule has 2 N–H and O–H groups in total. The van der Waals surface area contributed by atoms with Gasteiger partial charge in [-0.15, -0.1) is 0 Å². The highest BCUT2D eigenvalue weighted by Crippen LogP contribution is 2.27. The zero-order valence-corrected chi connectivity index (χ0v) is 12.1. The third-order valence-corrected chi connectivity index (χ3v) is 3.55. The molecule has 0 fully saturated rings. The third-order valence-electron chi connectivity index (χ3n) is 2.85. The second kappa shape index (κ2) is 6.62. The Labute approximate surface area is 127 Å². The van der Waals surface area contributed by atoms with E-state index in [1.54, 1.807) is 30.3 Å². The molecule has 0 aromatic heterocycles. The molecule has 0 spiro atoms. The van der Waals surface area contributed by atoms with E-state index in [1.165, 1.54) is 0 Å². The molecule has 3 nitrogen and oxygen atoms in total. The van der Waals surface area contributed by atoms with E-state index in [2.05, 4.69) is 0 Å². The Balaban J connectivity index is 2.17. The van der Waals surface area contributed by atoms with Crippen LogP contribution in [-0.2, 0) is 13.2 Å². The largest absolute Gasteiger partial charge is 0.488 e. The first-order valence-corrected chi connectivity index (χ1v) is 6.70. The van der Waals surface area contributed by atoms with Crippen LogP contribution in [0, 0.1) is 11.3 Å². The van der Waals surface area contributed by atoms with E-state index in [-0.39, 0.29) is 6.61 Å². The smallest absolute Gasteiger partial charge is 0.125 e. The SMILES string of the molecule is N#Cc1ccc(COc2cccc(Cl)c2CN)c(Cl)c1. The van der Waals surface area contributed by atoms with Gasteiger partial charge in [0.15, 0.2) is 0 Å². The summed E-state index contributed by atoms with van der Waals surface area (Å²) in [5.74, 6) is 0.639. The Morgan fingerprint density at radius 2 is 1.95 bits per heavy atom. The van der Waals surface area contributed by atoms with E-state index in [9.17, 15) is 0 Å². The summed E-state index contributed by atoms with van der Waals surface area (Å²) >= 11 is 12.2. The van der Waals surface area contributed by atoms with Crippen molar-refractivity contribution in [3.05, 3.63) is 63.1 Å². The van der Waals surface area contributed by atoms with Crippen LogP contribution in [0.15, 0.2) is 36.4 Å². The molecular formula is C15H12Cl2N2O. The van der Waals surface area contributed by atoms with Gasteiger partial charge >= 0.3 is 0 Å². The fourth-order valence-electron chi connectivity index (χ4n) is 1.76. The maximum Gasteiger partial charge on any atom is 0.125 e. The van der Waals surface area contributed by atoms with Gasteiger partial charge in [0.1, 0.15) is 12.4 Å². The molecule has 0 aliphatic carbocycles. The highest BCUT2D eigenvalue weighted by molar-refractivity contribution is 6.31. The quantitative estimate of drug-likeness (QED) is 0.932. The highest BCUT2D eigenvalue weighted by Gasteiger charge is 2.08. The molecule has 0 unspecified atom stereocenters. The Bertz CT molecular complexity index is 665. The molecule has 0 radical (unpaired) electrons. The molecule has 0 aliphatic heterocycles. The molecule has 0 saturated heterocycles. The first-order chi connectivity index (χ1) is 9.65. The predicted octanol–water partition coefficient (Wildman–Crippen LogP) is 3.90. The lowest BCUT2D eigenvalue weighted by molar-refractivity contribution is 0.303. The second-order valence-electron chi connectivity index (χ2n) is 4.13. The van der Waals surface area contributed by atoms with Crippen LogP contribution in [0.1, 0.15) is 16.7 Å². The first-order valence-electron chi connectivity index (χ1n) is 5.94. The molecule has 0 atom stereocenters. The summed E-state index contributed by atoms with van der Waals surface area (Å²) in [6.07, 6.45) is 0. The first kappa shape index (κ1) is 14.7. The molecule has 0 aliphatic rings. The highest BCUT2D eigenvalue weighted by atomic mass is 35.5. The number of ether oxygens (including phenoxy) is 1. The average Bonchev–Trinajstić information content (AvgIpc) is 2.46. The summed E-state index contributed by atoms with van der Waals surface area (Å²) in [4.78, 5) is 0. The maximum absolute atomic E-state index is 8.79. The average molecular weight is 307 g/mol. The van der Waals surface area contributed by atoms with Gasteiger partial charge in [0, 0.05) is 27.7 Å². The van der Waals surface area contributed by atoms with Gasteiger partial charge in [0.05, 0.1) is 11.6 Å². The Morgan fingerprint density at radius 3 is 2.60 bits per heavy atom. The number of nitrogens with zero attached hydrogens (tertiary/aromatic N) is 1. The lowest BCUT2D eigenvalue weighted by atomic mass is 10.1. The van der Waals surface area contributed by atoms with Crippen LogP contribution < -0.4 is 10.5 Å². The predicted molar refractivity (Wildman–Crippen MR) is 79.8 cm³/mol. The van der Waals surface area contributed by atoms with E-state index in [4.69, 9.17) is 38.9 Å². The number of hydrogen-bond acceptors (Lipinski definition) is 3. The van der Waals surface area contributed by atoms with Crippen LogP contribution in [0.4, 0.5) is 0 Å². The minimum atomic E-state index is 0.290. The van der Waals surface area contributed by atoms with Crippen LogP contribution in [0.3, 0.4) is 0 Å². The molecule has 2 aromatic rings. The van der Waals surface area contributed by atoms with Gasteiger partial charge in [-0.1, -0.05) is 35.3 Å². The van der Waals surface area contributed by atoms with Crippen LogP contribution in [0.25, 0.3) is 0 Å². The second-order valence-corrected chi connectivity index (χ2v) is 4.94. The van der Waals surface area contributed by atoms with Crippen molar-refractivity contribution in [3.63, 3.8) is 0 Å². The van der Waals surface area contributed by atoms with E-state index in [1.807, 2.05) is 12.1 Å². The van der Waals surface area contributed by atoms with Gasteiger partial charge in [-0.25, -0.2) is 0 Å². The number of nitriles is 1. The van der Waals surface area contributed by atoms with Crippen molar-refractivity contribution in [1.82, 2.24) is 0 Å². The van der Waals surface area contributed by atoms with Crippen LogP contribution in [-0.4, -0.2) is 0 Å². The van der Waals surface area contributed by atoms with Crippen molar-refractivity contribution in [2.45, 2.75) is 13.2 Å². The summed E-state index contributed by atoms with van der Waals surface area (Å²) in [6, 6.07) is 12.5. The molecule has 0 amide bonds. The summed E-state index contributed by atoms with van der Waals surface area (Å²) in [5.41, 5.74) is 7.74. The summed E-state index contributed by atoms with van der Waals surface area (Å²) in [7, 11) is 0. The third kappa shape index (κ3) is 3.23. The van der Waals surface area contributed by atoms with Crippen molar-refractivity contribution in [1.29, 1.82) is 5.26 Å². The summed E-state index contributed by atoms with van der Waals surface area (Å²) < 4.78 is 5.72. The minimum Gasteiger partial charge on any atom is -0.488 e. The molecule has 102 valence electrons. The molecule has 2 aromatic carbocycles. The lowest BCUT2D eigenvalue weighted by Gasteiger charge is -2.12. The van der Waals surface area contributed by atoms with Crippen molar-refractivity contribution in [3.8, 4) is 11.8 Å². The molecule has 0 heterocycles. The van der Waals surface area contributed by atoms with Gasteiger partial charge < -0.3 is 10.5 Å². The van der Waals surface area contributed by atoms with E-state index in [0.29, 0.717) is 27.9 Å². The van der Waals surface area contributed by atoms with Gasteiger partial charge in [-0.3, -0.25) is 0 Å². The molecule has 0 bridgehead atoms. The maximum atomic E-state index is 8.79. The number of benzene rings is 2. The fraction of sp³-hybridized carbons (Fsp3) is 0.133. The Kier molecular flexibility index (Phi) is 4.86. The Morgan fingerprint density at radius 1 is 1.15 bits per heavy atom. The zero-order chi connectivity index (χ0) is 14.5. The van der Waals surface area contributed by atoms with Crippen molar-refractivity contribution >= 4 is 23.2 Å². The molecule has 5 heteroatoms. The number of rotatable bonds is 4. The van der Waals surface area contributed by atoms with Gasteiger partial charge in [-0.05, 0) is 24.3 Å². The van der Waals surface area contributed by atoms with E-state index in [0.717, 1.165) is 11.1 Å². The van der Waals surface area contributed by atoms with E-state index >= 15 is 0 Å². The minimum absolute atomic E-state index is 0.290. The van der Waals surface area contributed by atoms with Crippen LogP contribution in [0.2, 0.25) is 10.0 Å². The molecular weight excluding hydrogens is 295 g/mol. The van der Waals surface area contributed by atoms with E-state index < -0.39 is 0 Å². The van der Waals surface area contributed by atoms with Gasteiger partial charge in [0.25, 0.3) is 0 Å². The number of nitrogens with two attached hydrogens (primary N) is 1. The van der Waals surface area contributed by atoms with Crippen molar-refractivity contribution < 1.29 is 4.74 Å². The fourth-order valence-corrected chi connectivity index (χ4v) is 2.24. The van der Waals surface area contributed by atoms with Crippen molar-refractivity contribution in [2.75, 3.05) is 0 Å². The molecule has 0 saturated carbocycles. The normalized spacial score (nSPS) is 10.1. The summed E-state index contributed by atoms with van der Waals surface area (Å²) in [6.45, 7) is 0.591. The number of hydrogen-bond donors (Lipinski definition) is 1. The van der Waals surface area contributed by atoms with Crippen LogP contribution >= 0.6 is 23.2 Å². The Hall–Kier alpha value is -1.73. The lowest BCUT2D eigenvalue weighted by Crippen LogP contribution is -2.03. The monoisotopic (exact) mass is 306 g/mol. The number of halogens is 2.